The molecule has 0 saturated carbocycles. The lowest BCUT2D eigenvalue weighted by Gasteiger charge is -2.11. The van der Waals surface area contributed by atoms with Crippen molar-refractivity contribution in [2.24, 2.45) is 5.10 Å². The maximum Gasteiger partial charge on any atom is 0.287 e. The van der Waals surface area contributed by atoms with Crippen LogP contribution in [0.15, 0.2) is 40.0 Å². The van der Waals surface area contributed by atoms with Gasteiger partial charge in [0.2, 0.25) is 0 Å². The lowest BCUT2D eigenvalue weighted by Crippen LogP contribution is -1.99. The molecule has 9 heteroatoms. The molecule has 0 unspecified atom stereocenters. The fourth-order valence-corrected chi connectivity index (χ4v) is 2.38. The number of nitro groups is 1. The van der Waals surface area contributed by atoms with Gasteiger partial charge in [-0.1, -0.05) is 5.92 Å². The van der Waals surface area contributed by atoms with Crippen molar-refractivity contribution in [3.8, 4) is 23.8 Å². The van der Waals surface area contributed by atoms with Gasteiger partial charge in [0, 0.05) is 6.07 Å². The fraction of sp³-hybridized carbons (Fsp3) is 0.125. The van der Waals surface area contributed by atoms with Gasteiger partial charge in [-0.05, 0) is 39.7 Å². The third-order valence-electron chi connectivity index (χ3n) is 2.90. The summed E-state index contributed by atoms with van der Waals surface area (Å²) in [5.74, 6) is 3.77. The van der Waals surface area contributed by atoms with E-state index in [0.717, 1.165) is 11.8 Å². The second-order valence-corrected chi connectivity index (χ2v) is 5.41. The Morgan fingerprint density at radius 3 is 2.92 bits per heavy atom. The molecule has 0 radical (unpaired) electrons. The first-order valence-electron chi connectivity index (χ1n) is 6.88. The largest absolute Gasteiger partial charge is 0.493 e. The van der Waals surface area contributed by atoms with Crippen molar-refractivity contribution in [2.75, 3.05) is 19.1 Å². The van der Waals surface area contributed by atoms with Crippen LogP contribution in [0.4, 0.5) is 11.5 Å². The first-order valence-corrected chi connectivity index (χ1v) is 7.67. The predicted molar refractivity (Wildman–Crippen MR) is 97.1 cm³/mol. The van der Waals surface area contributed by atoms with Crippen LogP contribution in [0.1, 0.15) is 5.56 Å². The van der Waals surface area contributed by atoms with Crippen LogP contribution in [-0.2, 0) is 0 Å². The SMILES string of the molecule is C#CCOc1c(Br)cc(/C=N/Nc2ccc([N+](=O)[O-])cn2)cc1OC. The number of ether oxygens (including phenoxy) is 2. The van der Waals surface area contributed by atoms with Crippen LogP contribution in [0.3, 0.4) is 0 Å². The van der Waals surface area contributed by atoms with Crippen molar-refractivity contribution in [2.45, 2.75) is 0 Å². The molecule has 0 spiro atoms. The topological polar surface area (TPSA) is 98.9 Å². The molecule has 2 rings (SSSR count). The van der Waals surface area contributed by atoms with E-state index in [-0.39, 0.29) is 12.3 Å². The Morgan fingerprint density at radius 1 is 1.52 bits per heavy atom. The van der Waals surface area contributed by atoms with E-state index in [9.17, 15) is 10.1 Å². The molecule has 8 nitrogen and oxygen atoms in total. The van der Waals surface area contributed by atoms with Crippen LogP contribution in [0.5, 0.6) is 11.5 Å². The number of aromatic nitrogens is 1. The third-order valence-corrected chi connectivity index (χ3v) is 3.49. The highest BCUT2D eigenvalue weighted by molar-refractivity contribution is 9.10. The third kappa shape index (κ3) is 4.92. The van der Waals surface area contributed by atoms with Crippen LogP contribution in [0, 0.1) is 22.5 Å². The van der Waals surface area contributed by atoms with Gasteiger partial charge in [-0.15, -0.1) is 6.42 Å². The van der Waals surface area contributed by atoms with Crippen molar-refractivity contribution in [1.29, 1.82) is 0 Å². The number of anilines is 1. The van der Waals surface area contributed by atoms with Gasteiger partial charge in [-0.3, -0.25) is 15.5 Å². The highest BCUT2D eigenvalue weighted by atomic mass is 79.9. The summed E-state index contributed by atoms with van der Waals surface area (Å²) >= 11 is 3.40. The van der Waals surface area contributed by atoms with E-state index < -0.39 is 4.92 Å². The average Bonchev–Trinajstić information content (AvgIpc) is 2.61. The van der Waals surface area contributed by atoms with Gasteiger partial charge < -0.3 is 9.47 Å². The van der Waals surface area contributed by atoms with Crippen molar-refractivity contribution in [1.82, 2.24) is 4.98 Å². The van der Waals surface area contributed by atoms with Gasteiger partial charge in [0.25, 0.3) is 5.69 Å². The second-order valence-electron chi connectivity index (χ2n) is 4.56. The monoisotopic (exact) mass is 404 g/mol. The number of benzene rings is 1. The number of methoxy groups -OCH3 is 1. The standard InChI is InChI=1S/C16H13BrN4O4/c1-3-6-25-16-13(17)7-11(8-14(16)24-2)9-19-20-15-5-4-12(10-18-15)21(22)23/h1,4-5,7-10H,6H2,2H3,(H,18,20)/b19-9+. The summed E-state index contributed by atoms with van der Waals surface area (Å²) in [5, 5.41) is 14.6. The number of hydrazone groups is 1. The van der Waals surface area contributed by atoms with E-state index in [0.29, 0.717) is 21.8 Å². The highest BCUT2D eigenvalue weighted by Crippen LogP contribution is 2.36. The van der Waals surface area contributed by atoms with Crippen molar-refractivity contribution >= 4 is 33.6 Å². The average molecular weight is 405 g/mol. The Labute approximate surface area is 152 Å². The van der Waals surface area contributed by atoms with Crippen LogP contribution < -0.4 is 14.9 Å². The van der Waals surface area contributed by atoms with Gasteiger partial charge >= 0.3 is 0 Å². The van der Waals surface area contributed by atoms with Gasteiger partial charge in [0.05, 0.1) is 22.7 Å². The summed E-state index contributed by atoms with van der Waals surface area (Å²) in [6.07, 6.45) is 7.88. The molecule has 0 amide bonds. The van der Waals surface area contributed by atoms with E-state index in [1.807, 2.05) is 0 Å². The number of hydrogen-bond donors (Lipinski definition) is 1. The minimum absolute atomic E-state index is 0.0919. The number of hydrogen-bond acceptors (Lipinski definition) is 7. The van der Waals surface area contributed by atoms with Crippen molar-refractivity contribution < 1.29 is 14.4 Å². The van der Waals surface area contributed by atoms with Crippen LogP contribution in [-0.4, -0.2) is 29.8 Å². The Kier molecular flexibility index (Phi) is 6.31. The summed E-state index contributed by atoms with van der Waals surface area (Å²) < 4.78 is 11.4. The van der Waals surface area contributed by atoms with E-state index in [2.05, 4.69) is 37.4 Å². The number of nitrogens with zero attached hydrogens (tertiary/aromatic N) is 3. The molecule has 0 aliphatic carbocycles. The van der Waals surface area contributed by atoms with E-state index >= 15 is 0 Å². The Morgan fingerprint density at radius 2 is 2.32 bits per heavy atom. The van der Waals surface area contributed by atoms with Gasteiger partial charge in [0.15, 0.2) is 11.5 Å². The molecular weight excluding hydrogens is 392 g/mol. The maximum absolute atomic E-state index is 10.6. The molecular formula is C16H13BrN4O4. The van der Waals surface area contributed by atoms with Gasteiger partial charge in [-0.2, -0.15) is 5.10 Å². The van der Waals surface area contributed by atoms with Crippen LogP contribution in [0.2, 0.25) is 0 Å². The van der Waals surface area contributed by atoms with Crippen LogP contribution >= 0.6 is 15.9 Å². The minimum atomic E-state index is -0.520. The van der Waals surface area contributed by atoms with Crippen LogP contribution in [0.25, 0.3) is 0 Å². The number of nitrogens with one attached hydrogen (secondary N) is 1. The van der Waals surface area contributed by atoms with Gasteiger partial charge in [0.1, 0.15) is 18.6 Å². The van der Waals surface area contributed by atoms with Gasteiger partial charge in [-0.25, -0.2) is 4.98 Å². The lowest BCUT2D eigenvalue weighted by atomic mass is 10.2. The second kappa shape index (κ2) is 8.65. The fourth-order valence-electron chi connectivity index (χ4n) is 1.80. The molecule has 0 atom stereocenters. The quantitative estimate of drug-likeness (QED) is 0.329. The Balaban J connectivity index is 2.11. The van der Waals surface area contributed by atoms with E-state index in [1.165, 1.54) is 19.2 Å². The summed E-state index contributed by atoms with van der Waals surface area (Å²) in [7, 11) is 1.52. The zero-order valence-corrected chi connectivity index (χ0v) is 14.7. The Bertz CT molecular complexity index is 831. The summed E-state index contributed by atoms with van der Waals surface area (Å²) in [4.78, 5) is 13.9. The van der Waals surface area contributed by atoms with Crippen molar-refractivity contribution in [3.05, 3.63) is 50.6 Å². The molecule has 1 heterocycles. The number of pyridine rings is 1. The molecule has 0 saturated heterocycles. The molecule has 25 heavy (non-hydrogen) atoms. The zero-order valence-electron chi connectivity index (χ0n) is 13.1. The first-order chi connectivity index (χ1) is 12.0. The molecule has 0 bridgehead atoms. The van der Waals surface area contributed by atoms with E-state index in [4.69, 9.17) is 15.9 Å². The normalized spacial score (nSPS) is 10.3. The first kappa shape index (κ1) is 18.2. The molecule has 1 aromatic heterocycles. The summed E-state index contributed by atoms with van der Waals surface area (Å²) in [6.45, 7) is 0.121. The lowest BCUT2D eigenvalue weighted by molar-refractivity contribution is -0.385. The minimum Gasteiger partial charge on any atom is -0.493 e. The number of terminal acetylenes is 1. The molecule has 1 aromatic carbocycles. The maximum atomic E-state index is 10.6. The molecule has 128 valence electrons. The highest BCUT2D eigenvalue weighted by Gasteiger charge is 2.11. The van der Waals surface area contributed by atoms with E-state index in [1.54, 1.807) is 18.3 Å². The summed E-state index contributed by atoms with van der Waals surface area (Å²) in [6, 6.07) is 6.30. The smallest absolute Gasteiger partial charge is 0.287 e. The number of halogens is 1. The molecule has 1 N–H and O–H groups in total. The van der Waals surface area contributed by atoms with Crippen molar-refractivity contribution in [3.63, 3.8) is 0 Å². The molecule has 2 aromatic rings. The molecule has 0 fully saturated rings. The Hall–Kier alpha value is -3.12. The number of rotatable bonds is 7. The molecule has 0 aliphatic heterocycles. The predicted octanol–water partition coefficient (Wildman–Crippen LogP) is 3.22. The summed E-state index contributed by atoms with van der Waals surface area (Å²) in [5.41, 5.74) is 3.32. The molecule has 0 aliphatic rings. The zero-order chi connectivity index (χ0) is 18.2.